The molecule has 1 spiro atoms. The summed E-state index contributed by atoms with van der Waals surface area (Å²) in [7, 11) is 0. The normalized spacial score (nSPS) is 16.6. The summed E-state index contributed by atoms with van der Waals surface area (Å²) in [6.07, 6.45) is 7.16. The fourth-order valence-electron chi connectivity index (χ4n) is 5.97. The van der Waals surface area contributed by atoms with E-state index in [2.05, 4.69) is 106 Å². The van der Waals surface area contributed by atoms with Gasteiger partial charge in [-0.1, -0.05) is 90.3 Å². The molecule has 4 aromatic carbocycles. The van der Waals surface area contributed by atoms with Gasteiger partial charge in [0.15, 0.2) is 0 Å². The first-order valence-corrected chi connectivity index (χ1v) is 14.5. The summed E-state index contributed by atoms with van der Waals surface area (Å²) in [5, 5.41) is 0. The van der Waals surface area contributed by atoms with Crippen LogP contribution in [0.4, 0.5) is 0 Å². The second-order valence-corrected chi connectivity index (χ2v) is 11.8. The molecule has 39 heavy (non-hydrogen) atoms. The molecule has 0 fully saturated rings. The summed E-state index contributed by atoms with van der Waals surface area (Å²) in [5.74, 6) is 0. The first-order valence-electron chi connectivity index (χ1n) is 12.8. The molecule has 1 unspecified atom stereocenters. The van der Waals surface area contributed by atoms with Crippen LogP contribution in [0.1, 0.15) is 22.3 Å². The highest BCUT2D eigenvalue weighted by Crippen LogP contribution is 2.62. The molecule has 0 amide bonds. The van der Waals surface area contributed by atoms with Crippen LogP contribution < -0.4 is 0 Å². The largest absolute Gasteiger partial charge is 0.261 e. The molecule has 0 saturated heterocycles. The molecule has 8 rings (SSSR count). The molecule has 6 aromatic rings. The molecule has 0 N–H and O–H groups in total. The van der Waals surface area contributed by atoms with Gasteiger partial charge in [-0.15, -0.1) is 0 Å². The molecular formula is C34H21N3S2. The average molecular weight is 536 g/mol. The Bertz CT molecular complexity index is 1730. The fourth-order valence-corrected chi connectivity index (χ4v) is 8.44. The average Bonchev–Trinajstić information content (AvgIpc) is 3.01. The van der Waals surface area contributed by atoms with E-state index in [1.165, 1.54) is 41.8 Å². The Hall–Kier alpha value is -4.19. The Morgan fingerprint density at radius 2 is 1.03 bits per heavy atom. The Kier molecular flexibility index (Phi) is 5.22. The van der Waals surface area contributed by atoms with E-state index in [0.717, 1.165) is 22.5 Å². The van der Waals surface area contributed by atoms with Crippen molar-refractivity contribution in [1.29, 1.82) is 0 Å². The van der Waals surface area contributed by atoms with E-state index in [-0.39, 0.29) is 0 Å². The molecule has 0 aliphatic carbocycles. The van der Waals surface area contributed by atoms with Crippen LogP contribution in [0.15, 0.2) is 147 Å². The third-order valence-electron chi connectivity index (χ3n) is 7.61. The van der Waals surface area contributed by atoms with Crippen LogP contribution in [0.2, 0.25) is 0 Å². The highest BCUT2D eigenvalue weighted by Gasteiger charge is 2.48. The highest BCUT2D eigenvalue weighted by molar-refractivity contribution is 8.00. The first-order chi connectivity index (χ1) is 19.3. The third-order valence-corrected chi connectivity index (χ3v) is 9.88. The van der Waals surface area contributed by atoms with E-state index in [1.54, 1.807) is 12.4 Å². The van der Waals surface area contributed by atoms with Crippen LogP contribution in [0.5, 0.6) is 0 Å². The number of nitrogens with zero attached hydrogens (tertiary/aromatic N) is 3. The Balaban J connectivity index is 1.44. The lowest BCUT2D eigenvalue weighted by molar-refractivity contribution is 0.667. The number of fused-ring (bicyclic) bond motifs is 8. The van der Waals surface area contributed by atoms with Crippen LogP contribution >= 0.6 is 23.5 Å². The molecule has 5 heteroatoms. The van der Waals surface area contributed by atoms with Crippen molar-refractivity contribution in [3.05, 3.63) is 150 Å². The van der Waals surface area contributed by atoms with Gasteiger partial charge < -0.3 is 0 Å². The van der Waals surface area contributed by atoms with Gasteiger partial charge in [0.1, 0.15) is 0 Å². The van der Waals surface area contributed by atoms with Crippen molar-refractivity contribution in [2.75, 3.05) is 0 Å². The zero-order valence-corrected chi connectivity index (χ0v) is 22.4. The summed E-state index contributed by atoms with van der Waals surface area (Å²) < 4.78 is 0. The van der Waals surface area contributed by atoms with Crippen molar-refractivity contribution in [3.63, 3.8) is 0 Å². The van der Waals surface area contributed by atoms with Crippen molar-refractivity contribution in [1.82, 2.24) is 15.0 Å². The number of rotatable bonds is 2. The molecule has 184 valence electrons. The lowest BCUT2D eigenvalue weighted by Gasteiger charge is -2.45. The molecule has 3 nitrogen and oxygen atoms in total. The standard InChI is InChI=1S/C34H21N3S2/c1-3-10-30-24(7-1)34(26-14-12-22(19-32(26)38-30)28-9-5-6-16-36-28)25-8-2-4-11-31(25)39-33-20-23(13-15-27(33)34)29-21-35-17-18-37-29/h1-21H. The van der Waals surface area contributed by atoms with E-state index in [0.29, 0.717) is 0 Å². The van der Waals surface area contributed by atoms with Crippen LogP contribution in [0, 0.1) is 0 Å². The van der Waals surface area contributed by atoms with Gasteiger partial charge in [0.2, 0.25) is 0 Å². The van der Waals surface area contributed by atoms with Crippen molar-refractivity contribution < 1.29 is 0 Å². The van der Waals surface area contributed by atoms with Crippen LogP contribution in [0.3, 0.4) is 0 Å². The van der Waals surface area contributed by atoms with Gasteiger partial charge >= 0.3 is 0 Å². The van der Waals surface area contributed by atoms with Gasteiger partial charge in [0, 0.05) is 49.3 Å². The topological polar surface area (TPSA) is 38.7 Å². The maximum absolute atomic E-state index is 4.63. The second-order valence-electron chi connectivity index (χ2n) is 9.67. The Labute approximate surface area is 235 Å². The second kappa shape index (κ2) is 8.94. The van der Waals surface area contributed by atoms with Gasteiger partial charge in [-0.3, -0.25) is 15.0 Å². The first kappa shape index (κ1) is 22.8. The minimum atomic E-state index is -0.433. The fraction of sp³-hybridized carbons (Fsp3) is 0.0294. The summed E-state index contributed by atoms with van der Waals surface area (Å²) in [6, 6.07) is 37.5. The maximum atomic E-state index is 4.63. The number of benzene rings is 4. The zero-order chi connectivity index (χ0) is 25.8. The SMILES string of the molecule is c1ccc(-c2ccc3c(c2)Sc2ccccc2C32c3ccccc3Sc3cc(-c4cnccn4)ccc32)nc1. The number of aromatic nitrogens is 3. The summed E-state index contributed by atoms with van der Waals surface area (Å²) in [4.78, 5) is 18.6. The van der Waals surface area contributed by atoms with E-state index >= 15 is 0 Å². The van der Waals surface area contributed by atoms with Gasteiger partial charge in [-0.05, 0) is 58.7 Å². The smallest absolute Gasteiger partial charge is 0.0885 e. The van der Waals surface area contributed by atoms with Crippen LogP contribution in [-0.2, 0) is 5.41 Å². The van der Waals surface area contributed by atoms with E-state index in [4.69, 9.17) is 0 Å². The lowest BCUT2D eigenvalue weighted by atomic mass is 9.64. The van der Waals surface area contributed by atoms with Gasteiger partial charge in [0.25, 0.3) is 0 Å². The van der Waals surface area contributed by atoms with Gasteiger partial charge in [-0.25, -0.2) is 0 Å². The predicted molar refractivity (Wildman–Crippen MR) is 157 cm³/mol. The minimum absolute atomic E-state index is 0.433. The molecular weight excluding hydrogens is 515 g/mol. The Morgan fingerprint density at radius 1 is 0.462 bits per heavy atom. The van der Waals surface area contributed by atoms with Crippen molar-refractivity contribution in [3.8, 4) is 22.5 Å². The summed E-state index contributed by atoms with van der Waals surface area (Å²) in [5.41, 5.74) is 8.92. The molecule has 0 saturated carbocycles. The number of hydrogen-bond acceptors (Lipinski definition) is 5. The van der Waals surface area contributed by atoms with E-state index in [9.17, 15) is 0 Å². The number of pyridine rings is 1. The summed E-state index contributed by atoms with van der Waals surface area (Å²) in [6.45, 7) is 0. The predicted octanol–water partition coefficient (Wildman–Crippen LogP) is 8.52. The van der Waals surface area contributed by atoms with Crippen LogP contribution in [-0.4, -0.2) is 15.0 Å². The highest BCUT2D eigenvalue weighted by atomic mass is 32.2. The molecule has 2 aliphatic heterocycles. The molecule has 0 bridgehead atoms. The quantitative estimate of drug-likeness (QED) is 0.222. The van der Waals surface area contributed by atoms with Crippen molar-refractivity contribution in [2.45, 2.75) is 25.0 Å². The van der Waals surface area contributed by atoms with E-state index < -0.39 is 5.41 Å². The van der Waals surface area contributed by atoms with Crippen LogP contribution in [0.25, 0.3) is 22.5 Å². The molecule has 4 heterocycles. The van der Waals surface area contributed by atoms with E-state index in [1.807, 2.05) is 48.1 Å². The number of hydrogen-bond donors (Lipinski definition) is 0. The van der Waals surface area contributed by atoms with Crippen molar-refractivity contribution >= 4 is 23.5 Å². The van der Waals surface area contributed by atoms with Crippen molar-refractivity contribution in [2.24, 2.45) is 0 Å². The monoisotopic (exact) mass is 535 g/mol. The van der Waals surface area contributed by atoms with Gasteiger partial charge in [-0.2, -0.15) is 0 Å². The minimum Gasteiger partial charge on any atom is -0.261 e. The molecule has 0 radical (unpaired) electrons. The molecule has 2 aliphatic rings. The Morgan fingerprint density at radius 3 is 1.62 bits per heavy atom. The third kappa shape index (κ3) is 3.43. The summed E-state index contributed by atoms with van der Waals surface area (Å²) >= 11 is 3.70. The molecule has 2 aromatic heterocycles. The lowest BCUT2D eigenvalue weighted by Crippen LogP contribution is -2.36. The maximum Gasteiger partial charge on any atom is 0.0885 e. The molecule has 1 atom stereocenters. The zero-order valence-electron chi connectivity index (χ0n) is 20.8. The van der Waals surface area contributed by atoms with Gasteiger partial charge in [0.05, 0.1) is 23.0 Å².